The highest BCUT2D eigenvalue weighted by Gasteiger charge is 2.12. The highest BCUT2D eigenvalue weighted by Crippen LogP contribution is 2.20. The number of carboxylic acids is 1. The maximum absolute atomic E-state index is 11.8. The number of hydrogen-bond acceptors (Lipinski definition) is 3. The largest absolute Gasteiger partial charge is 0.481 e. The first-order valence-corrected chi connectivity index (χ1v) is 7.31. The number of carboxylic acid groups (broad SMARTS) is 1. The molecule has 0 bridgehead atoms. The summed E-state index contributed by atoms with van der Waals surface area (Å²) in [5.74, 6) is 0.250. The molecule has 21 heavy (non-hydrogen) atoms. The zero-order valence-electron chi connectivity index (χ0n) is 12.4. The molecule has 1 aromatic heterocycles. The summed E-state index contributed by atoms with van der Waals surface area (Å²) in [5, 5.41) is 8.74. The SMILES string of the molecule is CCC(=O)c1ccc2c(c1)nc(CC)n2CCCC(=O)O. The number of nitrogens with zero attached hydrogens (tertiary/aromatic N) is 2. The lowest BCUT2D eigenvalue weighted by molar-refractivity contribution is -0.137. The van der Waals surface area contributed by atoms with E-state index in [0.717, 1.165) is 23.3 Å². The number of hydrogen-bond donors (Lipinski definition) is 1. The molecule has 0 saturated carbocycles. The monoisotopic (exact) mass is 288 g/mol. The van der Waals surface area contributed by atoms with Crippen LogP contribution in [0, 0.1) is 0 Å². The van der Waals surface area contributed by atoms with Gasteiger partial charge >= 0.3 is 5.97 Å². The second-order valence-corrected chi connectivity index (χ2v) is 5.01. The molecule has 0 aliphatic heterocycles. The Morgan fingerprint density at radius 3 is 2.67 bits per heavy atom. The first-order valence-electron chi connectivity index (χ1n) is 7.31. The molecule has 0 saturated heterocycles. The lowest BCUT2D eigenvalue weighted by Crippen LogP contribution is -2.05. The predicted octanol–water partition coefficient (Wildman–Crippen LogP) is 3.06. The maximum Gasteiger partial charge on any atom is 0.303 e. The van der Waals surface area contributed by atoms with Gasteiger partial charge in [0.2, 0.25) is 0 Å². The Balaban J connectivity index is 2.35. The molecule has 5 heteroatoms. The van der Waals surface area contributed by atoms with E-state index in [0.29, 0.717) is 24.9 Å². The molecular weight excluding hydrogens is 268 g/mol. The van der Waals surface area contributed by atoms with Crippen molar-refractivity contribution in [2.45, 2.75) is 46.1 Å². The Morgan fingerprint density at radius 1 is 1.29 bits per heavy atom. The van der Waals surface area contributed by atoms with Gasteiger partial charge in [0.25, 0.3) is 0 Å². The molecule has 2 aromatic rings. The van der Waals surface area contributed by atoms with E-state index in [1.165, 1.54) is 0 Å². The summed E-state index contributed by atoms with van der Waals surface area (Å²) in [5.41, 5.74) is 2.45. The third-order valence-corrected chi connectivity index (χ3v) is 3.56. The van der Waals surface area contributed by atoms with Crippen LogP contribution in [0.1, 0.15) is 49.3 Å². The number of aryl methyl sites for hydroxylation is 2. The van der Waals surface area contributed by atoms with E-state index in [9.17, 15) is 9.59 Å². The molecule has 0 fully saturated rings. The molecule has 0 radical (unpaired) electrons. The van der Waals surface area contributed by atoms with Gasteiger partial charge in [0.1, 0.15) is 5.82 Å². The van der Waals surface area contributed by atoms with Crippen molar-refractivity contribution in [3.8, 4) is 0 Å². The number of carbonyl (C=O) groups is 2. The fourth-order valence-electron chi connectivity index (χ4n) is 2.47. The summed E-state index contributed by atoms with van der Waals surface area (Å²) in [4.78, 5) is 27.0. The lowest BCUT2D eigenvalue weighted by Gasteiger charge is -2.07. The van der Waals surface area contributed by atoms with Gasteiger partial charge in [-0.1, -0.05) is 13.8 Å². The van der Waals surface area contributed by atoms with E-state index in [1.807, 2.05) is 32.0 Å². The van der Waals surface area contributed by atoms with Crippen molar-refractivity contribution in [2.24, 2.45) is 0 Å². The molecule has 2 rings (SSSR count). The van der Waals surface area contributed by atoms with Gasteiger partial charge in [-0.05, 0) is 24.6 Å². The molecule has 0 unspecified atom stereocenters. The fraction of sp³-hybridized carbons (Fsp3) is 0.438. The van der Waals surface area contributed by atoms with Gasteiger partial charge in [0.15, 0.2) is 5.78 Å². The second-order valence-electron chi connectivity index (χ2n) is 5.01. The van der Waals surface area contributed by atoms with Crippen molar-refractivity contribution >= 4 is 22.8 Å². The van der Waals surface area contributed by atoms with Gasteiger partial charge in [-0.25, -0.2) is 4.98 Å². The Bertz CT molecular complexity index is 673. The molecule has 1 heterocycles. The Hall–Kier alpha value is -2.17. The van der Waals surface area contributed by atoms with Gasteiger partial charge in [-0.15, -0.1) is 0 Å². The summed E-state index contributed by atoms with van der Waals surface area (Å²) >= 11 is 0. The van der Waals surface area contributed by atoms with Gasteiger partial charge in [-0.3, -0.25) is 9.59 Å². The standard InChI is InChI=1S/C16H20N2O3/c1-3-14(19)11-7-8-13-12(10-11)17-15(4-2)18(13)9-5-6-16(20)21/h7-8,10H,3-6,9H2,1-2H3,(H,20,21). The molecule has 0 aliphatic carbocycles. The number of carbonyl (C=O) groups excluding carboxylic acids is 1. The van der Waals surface area contributed by atoms with Crippen LogP contribution in [-0.4, -0.2) is 26.4 Å². The Kier molecular flexibility index (Phi) is 4.73. The highest BCUT2D eigenvalue weighted by molar-refractivity contribution is 5.98. The van der Waals surface area contributed by atoms with Crippen LogP contribution in [0.25, 0.3) is 11.0 Å². The fourth-order valence-corrected chi connectivity index (χ4v) is 2.47. The summed E-state index contributed by atoms with van der Waals surface area (Å²) < 4.78 is 2.05. The van der Waals surface area contributed by atoms with E-state index in [2.05, 4.69) is 9.55 Å². The molecular formula is C16H20N2O3. The molecule has 1 N–H and O–H groups in total. The highest BCUT2D eigenvalue weighted by atomic mass is 16.4. The van der Waals surface area contributed by atoms with Crippen LogP contribution in [0.15, 0.2) is 18.2 Å². The van der Waals surface area contributed by atoms with Gasteiger partial charge in [0.05, 0.1) is 11.0 Å². The summed E-state index contributed by atoms with van der Waals surface area (Å²) in [6, 6.07) is 5.56. The maximum atomic E-state index is 11.8. The number of fused-ring (bicyclic) bond motifs is 1. The number of rotatable bonds is 7. The third kappa shape index (κ3) is 3.29. The smallest absolute Gasteiger partial charge is 0.303 e. The number of aliphatic carboxylic acids is 1. The summed E-state index contributed by atoms with van der Waals surface area (Å²) in [6.07, 6.45) is 1.98. The van der Waals surface area contributed by atoms with E-state index in [4.69, 9.17) is 5.11 Å². The van der Waals surface area contributed by atoms with Gasteiger partial charge in [0, 0.05) is 31.4 Å². The molecule has 112 valence electrons. The second kappa shape index (κ2) is 6.52. The van der Waals surface area contributed by atoms with Crippen LogP contribution < -0.4 is 0 Å². The van der Waals surface area contributed by atoms with E-state index in [1.54, 1.807) is 0 Å². The topological polar surface area (TPSA) is 72.2 Å². The zero-order chi connectivity index (χ0) is 15.4. The number of benzene rings is 1. The van der Waals surface area contributed by atoms with Crippen molar-refractivity contribution in [3.05, 3.63) is 29.6 Å². The minimum atomic E-state index is -0.784. The van der Waals surface area contributed by atoms with E-state index in [-0.39, 0.29) is 12.2 Å². The van der Waals surface area contributed by atoms with Crippen molar-refractivity contribution in [3.63, 3.8) is 0 Å². The number of ketones is 1. The number of aromatic nitrogens is 2. The van der Waals surface area contributed by atoms with Crippen LogP contribution >= 0.6 is 0 Å². The molecule has 0 atom stereocenters. The van der Waals surface area contributed by atoms with E-state index >= 15 is 0 Å². The summed E-state index contributed by atoms with van der Waals surface area (Å²) in [6.45, 7) is 4.49. The average molecular weight is 288 g/mol. The van der Waals surface area contributed by atoms with Crippen molar-refractivity contribution in [1.29, 1.82) is 0 Å². The van der Waals surface area contributed by atoms with Crippen LogP contribution in [0.3, 0.4) is 0 Å². The van der Waals surface area contributed by atoms with Crippen LogP contribution in [0.2, 0.25) is 0 Å². The molecule has 5 nitrogen and oxygen atoms in total. The summed E-state index contributed by atoms with van der Waals surface area (Å²) in [7, 11) is 0. The van der Waals surface area contributed by atoms with Crippen LogP contribution in [0.4, 0.5) is 0 Å². The first kappa shape index (κ1) is 15.2. The van der Waals surface area contributed by atoms with Crippen LogP contribution in [0.5, 0.6) is 0 Å². The van der Waals surface area contributed by atoms with Crippen molar-refractivity contribution in [2.75, 3.05) is 0 Å². The van der Waals surface area contributed by atoms with Crippen molar-refractivity contribution in [1.82, 2.24) is 9.55 Å². The average Bonchev–Trinajstić information content (AvgIpc) is 2.83. The van der Waals surface area contributed by atoms with E-state index < -0.39 is 5.97 Å². The molecule has 1 aromatic carbocycles. The quantitative estimate of drug-likeness (QED) is 0.795. The Morgan fingerprint density at radius 2 is 2.05 bits per heavy atom. The van der Waals surface area contributed by atoms with Crippen LogP contribution in [-0.2, 0) is 17.8 Å². The minimum Gasteiger partial charge on any atom is -0.481 e. The Labute approximate surface area is 123 Å². The van der Waals surface area contributed by atoms with Crippen molar-refractivity contribution < 1.29 is 14.7 Å². The minimum absolute atomic E-state index is 0.107. The normalized spacial score (nSPS) is 11.0. The molecule has 0 amide bonds. The van der Waals surface area contributed by atoms with Gasteiger partial charge in [-0.2, -0.15) is 0 Å². The molecule has 0 aliphatic rings. The zero-order valence-corrected chi connectivity index (χ0v) is 12.4. The van der Waals surface area contributed by atoms with Gasteiger partial charge < -0.3 is 9.67 Å². The lowest BCUT2D eigenvalue weighted by atomic mass is 10.1. The number of Topliss-reactive ketones (excluding diaryl/α,β-unsaturated/α-hetero) is 1. The molecule has 0 spiro atoms. The predicted molar refractivity (Wildman–Crippen MR) is 80.6 cm³/mol. The first-order chi connectivity index (χ1) is 10.1. The number of imidazole rings is 1. The third-order valence-electron chi connectivity index (χ3n) is 3.56.